The fraction of sp³-hybridized carbons (Fsp3) is 0.222. The molecule has 1 heterocycles. The number of carbonyl (C=O) groups is 2. The molecule has 2 amide bonds. The second-order valence-electron chi connectivity index (χ2n) is 5.71. The number of hydrogen-bond donors (Lipinski definition) is 0. The molecule has 1 aliphatic heterocycles. The quantitative estimate of drug-likeness (QED) is 0.695. The number of benzene rings is 2. The van der Waals surface area contributed by atoms with Gasteiger partial charge in [0.15, 0.2) is 0 Å². The number of hydrogen-bond acceptors (Lipinski definition) is 4. The molecule has 1 aliphatic rings. The Morgan fingerprint density at radius 3 is 2.54 bits per heavy atom. The molecule has 0 saturated carbocycles. The molecule has 2 aromatic rings. The molecular weight excluding hydrogens is 400 g/mol. The van der Waals surface area contributed by atoms with E-state index in [1.165, 1.54) is 24.1 Å². The van der Waals surface area contributed by atoms with Gasteiger partial charge in [-0.2, -0.15) is 0 Å². The van der Waals surface area contributed by atoms with Gasteiger partial charge in [0, 0.05) is 5.02 Å². The number of halogens is 3. The predicted molar refractivity (Wildman–Crippen MR) is 100 cm³/mol. The lowest BCUT2D eigenvalue weighted by Crippen LogP contribution is -2.31. The second-order valence-corrected chi connectivity index (χ2v) is 7.70. The normalized spacial score (nSPS) is 17.1. The molecule has 0 spiro atoms. The first kappa shape index (κ1) is 19.0. The maximum atomic E-state index is 13.0. The van der Waals surface area contributed by atoms with E-state index in [0.29, 0.717) is 26.9 Å². The molecule has 0 unspecified atom stereocenters. The van der Waals surface area contributed by atoms with E-state index in [1.807, 2.05) is 0 Å². The van der Waals surface area contributed by atoms with Gasteiger partial charge in [0.2, 0.25) is 5.91 Å². The molecule has 1 saturated heterocycles. The molecule has 2 aromatic carbocycles. The fourth-order valence-electron chi connectivity index (χ4n) is 2.74. The number of methoxy groups -OCH3 is 1. The van der Waals surface area contributed by atoms with Crippen molar-refractivity contribution in [1.82, 2.24) is 4.90 Å². The van der Waals surface area contributed by atoms with Gasteiger partial charge in [-0.3, -0.25) is 14.5 Å². The van der Waals surface area contributed by atoms with Crippen LogP contribution in [0.1, 0.15) is 11.1 Å². The number of nitrogens with zero attached hydrogens (tertiary/aromatic N) is 1. The minimum Gasteiger partial charge on any atom is -0.495 e. The van der Waals surface area contributed by atoms with E-state index in [4.69, 9.17) is 27.9 Å². The average molecular weight is 414 g/mol. The lowest BCUT2D eigenvalue weighted by atomic mass is 10.1. The Labute approximate surface area is 164 Å². The first-order chi connectivity index (χ1) is 12.4. The van der Waals surface area contributed by atoms with Crippen molar-refractivity contribution >= 4 is 46.1 Å². The summed E-state index contributed by atoms with van der Waals surface area (Å²) >= 11 is 13.1. The Morgan fingerprint density at radius 2 is 1.88 bits per heavy atom. The molecule has 8 heteroatoms. The van der Waals surface area contributed by atoms with Crippen LogP contribution < -0.4 is 4.74 Å². The smallest absolute Gasteiger partial charge is 0.289 e. The molecule has 0 aliphatic carbocycles. The molecule has 1 atom stereocenters. The summed E-state index contributed by atoms with van der Waals surface area (Å²) in [5.74, 6) is -0.235. The van der Waals surface area contributed by atoms with Crippen molar-refractivity contribution in [3.8, 4) is 5.75 Å². The zero-order valence-corrected chi connectivity index (χ0v) is 16.0. The fourth-order valence-corrected chi connectivity index (χ4v) is 4.37. The van der Waals surface area contributed by atoms with E-state index in [1.54, 1.807) is 24.3 Å². The van der Waals surface area contributed by atoms with Crippen molar-refractivity contribution in [1.29, 1.82) is 0 Å². The maximum absolute atomic E-state index is 13.0. The number of rotatable bonds is 5. The summed E-state index contributed by atoms with van der Waals surface area (Å²) in [5.41, 5.74) is 1.34. The summed E-state index contributed by atoms with van der Waals surface area (Å²) in [6.45, 7) is 0.106. The first-order valence-electron chi connectivity index (χ1n) is 7.67. The molecule has 0 N–H and O–H groups in total. The van der Waals surface area contributed by atoms with E-state index in [0.717, 1.165) is 11.8 Å². The minimum absolute atomic E-state index is 0.106. The Balaban J connectivity index is 1.78. The highest BCUT2D eigenvalue weighted by molar-refractivity contribution is 8.15. The van der Waals surface area contributed by atoms with Gasteiger partial charge in [-0.25, -0.2) is 4.39 Å². The summed E-state index contributed by atoms with van der Waals surface area (Å²) in [6.07, 6.45) is 0.263. The van der Waals surface area contributed by atoms with Crippen LogP contribution in [-0.4, -0.2) is 28.4 Å². The van der Waals surface area contributed by atoms with E-state index >= 15 is 0 Å². The Morgan fingerprint density at radius 1 is 1.19 bits per heavy atom. The molecule has 4 nitrogen and oxygen atoms in total. The van der Waals surface area contributed by atoms with Crippen molar-refractivity contribution in [2.45, 2.75) is 18.2 Å². The van der Waals surface area contributed by atoms with E-state index < -0.39 is 5.25 Å². The average Bonchev–Trinajstić information content (AvgIpc) is 2.84. The maximum Gasteiger partial charge on any atom is 0.289 e. The first-order valence-corrected chi connectivity index (χ1v) is 9.31. The predicted octanol–water partition coefficient (Wildman–Crippen LogP) is 4.95. The Hall–Kier alpha value is -1.76. The molecule has 0 aromatic heterocycles. The van der Waals surface area contributed by atoms with Crippen molar-refractivity contribution < 1.29 is 18.7 Å². The lowest BCUT2D eigenvalue weighted by Gasteiger charge is -2.15. The van der Waals surface area contributed by atoms with Crippen molar-refractivity contribution in [3.05, 3.63) is 63.4 Å². The number of imide groups is 1. The van der Waals surface area contributed by atoms with Gasteiger partial charge in [0.05, 0.1) is 23.9 Å². The third-order valence-electron chi connectivity index (χ3n) is 3.95. The van der Waals surface area contributed by atoms with Crippen LogP contribution in [0.2, 0.25) is 10.0 Å². The van der Waals surface area contributed by atoms with Gasteiger partial charge in [-0.15, -0.1) is 0 Å². The number of carbonyl (C=O) groups excluding carboxylic acids is 2. The molecule has 1 fully saturated rings. The van der Waals surface area contributed by atoms with Crippen LogP contribution in [0.4, 0.5) is 9.18 Å². The van der Waals surface area contributed by atoms with Crippen LogP contribution in [0.25, 0.3) is 0 Å². The summed E-state index contributed by atoms with van der Waals surface area (Å²) < 4.78 is 18.3. The van der Waals surface area contributed by atoms with Crippen molar-refractivity contribution in [3.63, 3.8) is 0 Å². The van der Waals surface area contributed by atoms with E-state index in [2.05, 4.69) is 0 Å². The molecule has 3 rings (SSSR count). The molecule has 0 bridgehead atoms. The molecular formula is C18H14Cl2FNO3S. The van der Waals surface area contributed by atoms with Crippen molar-refractivity contribution in [2.75, 3.05) is 7.11 Å². The van der Waals surface area contributed by atoms with Gasteiger partial charge >= 0.3 is 0 Å². The zero-order valence-electron chi connectivity index (χ0n) is 13.7. The molecule has 0 radical (unpaired) electrons. The summed E-state index contributed by atoms with van der Waals surface area (Å²) in [4.78, 5) is 26.1. The summed E-state index contributed by atoms with van der Waals surface area (Å²) in [7, 11) is 1.48. The number of ether oxygens (including phenoxy) is 1. The second kappa shape index (κ2) is 7.86. The van der Waals surface area contributed by atoms with Gasteiger partial charge in [0.25, 0.3) is 5.24 Å². The van der Waals surface area contributed by atoms with Crippen LogP contribution in [0.5, 0.6) is 5.75 Å². The van der Waals surface area contributed by atoms with Crippen LogP contribution in [-0.2, 0) is 17.8 Å². The number of amides is 2. The van der Waals surface area contributed by atoms with Crippen molar-refractivity contribution in [2.24, 2.45) is 0 Å². The standard InChI is InChI=1S/C18H14Cl2FNO3S/c1-25-16-11(6-12(19)8-14(16)20)7-15-17(23)22(18(24)26-15)9-10-2-4-13(21)5-3-10/h2-6,8,15H,7,9H2,1H3/t15-/m0/s1. The minimum atomic E-state index is -0.591. The number of thioether (sulfide) groups is 1. The summed E-state index contributed by atoms with van der Waals surface area (Å²) in [5, 5.41) is -0.154. The van der Waals surface area contributed by atoms with E-state index in [9.17, 15) is 14.0 Å². The van der Waals surface area contributed by atoms with Gasteiger partial charge in [-0.05, 0) is 41.8 Å². The highest BCUT2D eigenvalue weighted by Gasteiger charge is 2.40. The SMILES string of the molecule is COc1c(Cl)cc(Cl)cc1C[C@@H]1SC(=O)N(Cc2ccc(F)cc2)C1=O. The third-order valence-corrected chi connectivity index (χ3v) is 5.53. The highest BCUT2D eigenvalue weighted by Crippen LogP contribution is 2.37. The Bertz CT molecular complexity index is 860. The summed E-state index contributed by atoms with van der Waals surface area (Å²) in [6, 6.07) is 8.92. The van der Waals surface area contributed by atoms with Gasteiger partial charge in [-0.1, -0.05) is 47.1 Å². The zero-order chi connectivity index (χ0) is 18.8. The lowest BCUT2D eigenvalue weighted by molar-refractivity contribution is -0.127. The van der Waals surface area contributed by atoms with E-state index in [-0.39, 0.29) is 29.9 Å². The van der Waals surface area contributed by atoms with Gasteiger partial charge in [0.1, 0.15) is 11.6 Å². The van der Waals surface area contributed by atoms with Crippen LogP contribution >= 0.6 is 35.0 Å². The van der Waals surface area contributed by atoms with Crippen LogP contribution in [0.3, 0.4) is 0 Å². The molecule has 26 heavy (non-hydrogen) atoms. The Kier molecular flexibility index (Phi) is 5.75. The topological polar surface area (TPSA) is 46.6 Å². The van der Waals surface area contributed by atoms with Gasteiger partial charge < -0.3 is 4.74 Å². The molecule has 136 valence electrons. The van der Waals surface area contributed by atoms with Crippen LogP contribution in [0.15, 0.2) is 36.4 Å². The van der Waals surface area contributed by atoms with Crippen LogP contribution in [0, 0.1) is 5.82 Å². The third kappa shape index (κ3) is 3.98. The largest absolute Gasteiger partial charge is 0.495 e. The highest BCUT2D eigenvalue weighted by atomic mass is 35.5. The monoisotopic (exact) mass is 413 g/mol.